The van der Waals surface area contributed by atoms with Crippen molar-refractivity contribution in [1.29, 1.82) is 0 Å². The number of carbonyl (C=O) groups is 1. The molecule has 0 saturated carbocycles. The fourth-order valence-corrected chi connectivity index (χ4v) is 6.07. The summed E-state index contributed by atoms with van der Waals surface area (Å²) in [6.45, 7) is 4.54. The van der Waals surface area contributed by atoms with E-state index in [9.17, 15) is 13.2 Å². The molecular weight excluding hydrogens is 398 g/mol. The molecule has 2 fully saturated rings. The zero-order chi connectivity index (χ0) is 21.1. The van der Waals surface area contributed by atoms with Crippen molar-refractivity contribution in [3.63, 3.8) is 0 Å². The molecule has 0 radical (unpaired) electrons. The van der Waals surface area contributed by atoms with Crippen molar-refractivity contribution in [3.8, 4) is 0 Å². The third-order valence-electron chi connectivity index (χ3n) is 6.02. The van der Waals surface area contributed by atoms with Crippen LogP contribution in [0.4, 0.5) is 11.4 Å². The molecule has 2 aliphatic rings. The maximum Gasteiger partial charge on any atom is 0.255 e. The van der Waals surface area contributed by atoms with Crippen molar-refractivity contribution in [1.82, 2.24) is 4.31 Å². The quantitative estimate of drug-likeness (QED) is 0.780. The van der Waals surface area contributed by atoms with Crippen molar-refractivity contribution < 1.29 is 13.2 Å². The second kappa shape index (κ2) is 8.78. The van der Waals surface area contributed by atoms with Gasteiger partial charge in [0, 0.05) is 42.6 Å². The molecule has 7 heteroatoms. The van der Waals surface area contributed by atoms with Crippen LogP contribution in [0.2, 0.25) is 0 Å². The monoisotopic (exact) mass is 427 g/mol. The molecule has 0 aromatic heterocycles. The van der Waals surface area contributed by atoms with Gasteiger partial charge in [-0.15, -0.1) is 0 Å². The lowest BCUT2D eigenvalue weighted by molar-refractivity contribution is 0.102. The molecule has 2 aliphatic heterocycles. The molecule has 160 valence electrons. The number of nitrogens with zero attached hydrogens (tertiary/aromatic N) is 2. The molecule has 1 unspecified atom stereocenters. The number of sulfonamides is 1. The lowest BCUT2D eigenvalue weighted by Crippen LogP contribution is -2.41. The number of carbonyl (C=O) groups excluding carboxylic acids is 1. The lowest BCUT2D eigenvalue weighted by atomic mass is 10.1. The number of benzene rings is 2. The molecular formula is C23H29N3O3S. The second-order valence-electron chi connectivity index (χ2n) is 8.19. The second-order valence-corrected chi connectivity index (χ2v) is 10.1. The van der Waals surface area contributed by atoms with Crippen LogP contribution in [-0.4, -0.2) is 44.3 Å². The highest BCUT2D eigenvalue weighted by molar-refractivity contribution is 7.89. The highest BCUT2D eigenvalue weighted by atomic mass is 32.2. The van der Waals surface area contributed by atoms with Crippen LogP contribution in [0.15, 0.2) is 53.4 Å². The first-order valence-corrected chi connectivity index (χ1v) is 12.2. The fraction of sp³-hybridized carbons (Fsp3) is 0.435. The van der Waals surface area contributed by atoms with E-state index >= 15 is 0 Å². The third kappa shape index (κ3) is 4.37. The smallest absolute Gasteiger partial charge is 0.255 e. The Morgan fingerprint density at radius 1 is 0.967 bits per heavy atom. The Morgan fingerprint density at radius 3 is 2.47 bits per heavy atom. The van der Waals surface area contributed by atoms with Crippen LogP contribution >= 0.6 is 0 Å². The topological polar surface area (TPSA) is 69.7 Å². The van der Waals surface area contributed by atoms with Crippen LogP contribution in [0.1, 0.15) is 49.4 Å². The summed E-state index contributed by atoms with van der Waals surface area (Å²) in [5.41, 5.74) is 2.15. The zero-order valence-corrected chi connectivity index (χ0v) is 18.2. The normalized spacial score (nSPS) is 20.3. The lowest BCUT2D eigenvalue weighted by Gasteiger charge is -2.32. The summed E-state index contributed by atoms with van der Waals surface area (Å²) in [5, 5.41) is 2.92. The largest absolute Gasteiger partial charge is 0.371 e. The Bertz CT molecular complexity index is 1020. The predicted octanol–water partition coefficient (Wildman–Crippen LogP) is 4.10. The molecule has 0 spiro atoms. The highest BCUT2D eigenvalue weighted by Gasteiger charge is 2.31. The SMILES string of the molecule is CC1CCCCN1S(=O)(=O)c1cccc(C(=O)Nc2cccc(N3CCCC3)c2)c1. The minimum atomic E-state index is -3.61. The maximum atomic E-state index is 13.1. The van der Waals surface area contributed by atoms with E-state index in [-0.39, 0.29) is 16.8 Å². The first-order chi connectivity index (χ1) is 14.4. The molecule has 2 heterocycles. The van der Waals surface area contributed by atoms with Gasteiger partial charge in [0.15, 0.2) is 0 Å². The van der Waals surface area contributed by atoms with Gasteiger partial charge >= 0.3 is 0 Å². The van der Waals surface area contributed by atoms with Crippen molar-refractivity contribution >= 4 is 27.3 Å². The summed E-state index contributed by atoms with van der Waals surface area (Å²) < 4.78 is 27.8. The van der Waals surface area contributed by atoms with Gasteiger partial charge in [-0.3, -0.25) is 4.79 Å². The molecule has 1 atom stereocenters. The van der Waals surface area contributed by atoms with Gasteiger partial charge in [-0.05, 0) is 69.0 Å². The molecule has 30 heavy (non-hydrogen) atoms. The number of amides is 1. The van der Waals surface area contributed by atoms with Gasteiger partial charge in [-0.2, -0.15) is 4.31 Å². The van der Waals surface area contributed by atoms with Crippen molar-refractivity contribution in [2.75, 3.05) is 29.9 Å². The number of piperidine rings is 1. The first kappa shape index (κ1) is 20.9. The van der Waals surface area contributed by atoms with E-state index in [4.69, 9.17) is 0 Å². The number of anilines is 2. The molecule has 0 bridgehead atoms. The average Bonchev–Trinajstić information content (AvgIpc) is 3.29. The number of rotatable bonds is 5. The van der Waals surface area contributed by atoms with Crippen LogP contribution in [-0.2, 0) is 10.0 Å². The van der Waals surface area contributed by atoms with Gasteiger partial charge in [-0.25, -0.2) is 8.42 Å². The average molecular weight is 428 g/mol. The Labute approximate surface area is 178 Å². The van der Waals surface area contributed by atoms with E-state index in [0.29, 0.717) is 17.8 Å². The molecule has 2 aromatic rings. The van der Waals surface area contributed by atoms with Crippen LogP contribution in [0.5, 0.6) is 0 Å². The molecule has 4 rings (SSSR count). The van der Waals surface area contributed by atoms with E-state index in [1.165, 1.54) is 18.9 Å². The molecule has 2 saturated heterocycles. The van der Waals surface area contributed by atoms with Crippen molar-refractivity contribution in [3.05, 3.63) is 54.1 Å². The van der Waals surface area contributed by atoms with E-state index in [2.05, 4.69) is 10.2 Å². The van der Waals surface area contributed by atoms with E-state index in [1.807, 2.05) is 31.2 Å². The number of hydrogen-bond acceptors (Lipinski definition) is 4. The zero-order valence-electron chi connectivity index (χ0n) is 17.4. The van der Waals surface area contributed by atoms with Crippen LogP contribution in [0.25, 0.3) is 0 Å². The van der Waals surface area contributed by atoms with E-state index in [0.717, 1.165) is 38.0 Å². The van der Waals surface area contributed by atoms with Crippen LogP contribution in [0, 0.1) is 0 Å². The number of hydrogen-bond donors (Lipinski definition) is 1. The Morgan fingerprint density at radius 2 is 1.70 bits per heavy atom. The summed E-state index contributed by atoms with van der Waals surface area (Å²) in [7, 11) is -3.61. The third-order valence-corrected chi connectivity index (χ3v) is 8.03. The minimum absolute atomic E-state index is 0.0189. The van der Waals surface area contributed by atoms with Gasteiger partial charge < -0.3 is 10.2 Å². The van der Waals surface area contributed by atoms with Gasteiger partial charge in [0.1, 0.15) is 0 Å². The number of nitrogens with one attached hydrogen (secondary N) is 1. The molecule has 1 N–H and O–H groups in total. The highest BCUT2D eigenvalue weighted by Crippen LogP contribution is 2.26. The predicted molar refractivity (Wildman–Crippen MR) is 119 cm³/mol. The summed E-state index contributed by atoms with van der Waals surface area (Å²) >= 11 is 0. The fourth-order valence-electron chi connectivity index (χ4n) is 4.32. The van der Waals surface area contributed by atoms with E-state index < -0.39 is 10.0 Å². The Hall–Kier alpha value is -2.38. The summed E-state index contributed by atoms with van der Waals surface area (Å²) in [6.07, 6.45) is 5.16. The summed E-state index contributed by atoms with van der Waals surface area (Å²) in [4.78, 5) is 15.3. The summed E-state index contributed by atoms with van der Waals surface area (Å²) in [5.74, 6) is -0.308. The van der Waals surface area contributed by atoms with Gasteiger partial charge in [0.05, 0.1) is 4.90 Å². The van der Waals surface area contributed by atoms with Crippen LogP contribution < -0.4 is 10.2 Å². The van der Waals surface area contributed by atoms with E-state index in [1.54, 1.807) is 22.5 Å². The summed E-state index contributed by atoms with van der Waals surface area (Å²) in [6, 6.07) is 14.1. The van der Waals surface area contributed by atoms with Crippen LogP contribution in [0.3, 0.4) is 0 Å². The van der Waals surface area contributed by atoms with Gasteiger partial charge in [0.25, 0.3) is 5.91 Å². The van der Waals surface area contributed by atoms with Gasteiger partial charge in [-0.1, -0.05) is 18.6 Å². The standard InChI is InChI=1S/C23H29N3O3S/c1-18-8-2-3-15-26(18)30(28,29)22-12-6-9-19(16-22)23(27)24-20-10-7-11-21(17-20)25-13-4-5-14-25/h6-7,9-12,16-18H,2-5,8,13-15H2,1H3,(H,24,27). The Balaban J connectivity index is 1.52. The van der Waals surface area contributed by atoms with Gasteiger partial charge in [0.2, 0.25) is 10.0 Å². The Kier molecular flexibility index (Phi) is 6.11. The molecule has 0 aliphatic carbocycles. The minimum Gasteiger partial charge on any atom is -0.371 e. The molecule has 2 aromatic carbocycles. The first-order valence-electron chi connectivity index (χ1n) is 10.7. The maximum absolute atomic E-state index is 13.1. The van der Waals surface area contributed by atoms with Crippen molar-refractivity contribution in [2.24, 2.45) is 0 Å². The van der Waals surface area contributed by atoms with Crippen molar-refractivity contribution in [2.45, 2.75) is 50.0 Å². The molecule has 1 amide bonds. The molecule has 6 nitrogen and oxygen atoms in total.